The van der Waals surface area contributed by atoms with E-state index in [4.69, 9.17) is 0 Å². The Bertz CT molecular complexity index is 662. The third kappa shape index (κ3) is 3.34. The summed E-state index contributed by atoms with van der Waals surface area (Å²) in [5, 5.41) is 0. The number of hydrogen-bond donors (Lipinski definition) is 0. The fourth-order valence-electron chi connectivity index (χ4n) is 1.88. The molecule has 1 heterocycles. The molecule has 1 aromatic carbocycles. The molecular formula is C15H12F2N2O2. The summed E-state index contributed by atoms with van der Waals surface area (Å²) in [6.45, 7) is 1.49. The number of benzene rings is 1. The van der Waals surface area contributed by atoms with Crippen molar-refractivity contribution < 1.29 is 18.4 Å². The maximum atomic E-state index is 14.2. The minimum absolute atomic E-state index is 0.128. The zero-order chi connectivity index (χ0) is 15.5. The number of nitrogens with zero attached hydrogens (tertiary/aromatic N) is 2. The summed E-state index contributed by atoms with van der Waals surface area (Å²) in [6, 6.07) is 7.18. The largest absolute Gasteiger partial charge is 0.298 e. The summed E-state index contributed by atoms with van der Waals surface area (Å²) in [6.07, 6.45) is 0.704. The Morgan fingerprint density at radius 3 is 2.48 bits per heavy atom. The van der Waals surface area contributed by atoms with Gasteiger partial charge in [0.25, 0.3) is 11.8 Å². The van der Waals surface area contributed by atoms with E-state index < -0.39 is 18.3 Å². The van der Waals surface area contributed by atoms with Crippen LogP contribution in [-0.2, 0) is 15.5 Å². The molecular weight excluding hydrogens is 278 g/mol. The Balaban J connectivity index is 2.30. The highest BCUT2D eigenvalue weighted by Gasteiger charge is 2.36. The number of amides is 1. The van der Waals surface area contributed by atoms with Crippen LogP contribution in [0.5, 0.6) is 0 Å². The lowest BCUT2D eigenvalue weighted by Crippen LogP contribution is -2.27. The fraction of sp³-hybridized carbons (Fsp3) is 0.200. The molecule has 0 N–H and O–H groups in total. The van der Waals surface area contributed by atoms with Crippen LogP contribution in [0, 0.1) is 0 Å². The molecule has 0 radical (unpaired) electrons. The fourth-order valence-corrected chi connectivity index (χ4v) is 1.88. The van der Waals surface area contributed by atoms with Gasteiger partial charge in [0, 0.05) is 11.6 Å². The van der Waals surface area contributed by atoms with Crippen LogP contribution in [0.3, 0.4) is 0 Å². The van der Waals surface area contributed by atoms with Gasteiger partial charge < -0.3 is 0 Å². The van der Waals surface area contributed by atoms with E-state index in [2.05, 4.69) is 9.98 Å². The van der Waals surface area contributed by atoms with Gasteiger partial charge >= 0.3 is 0 Å². The van der Waals surface area contributed by atoms with E-state index in [0.717, 1.165) is 6.08 Å². The van der Waals surface area contributed by atoms with E-state index >= 15 is 0 Å². The van der Waals surface area contributed by atoms with Crippen LogP contribution in [0.2, 0.25) is 0 Å². The van der Waals surface area contributed by atoms with Crippen molar-refractivity contribution in [2.45, 2.75) is 19.3 Å². The molecule has 0 saturated carbocycles. The van der Waals surface area contributed by atoms with Gasteiger partial charge in [0.05, 0.1) is 17.8 Å². The second kappa shape index (κ2) is 5.87. The van der Waals surface area contributed by atoms with E-state index in [-0.39, 0.29) is 22.7 Å². The maximum absolute atomic E-state index is 14.2. The molecule has 21 heavy (non-hydrogen) atoms. The molecule has 1 amide bonds. The summed E-state index contributed by atoms with van der Waals surface area (Å²) in [5.41, 5.74) is -0.197. The lowest BCUT2D eigenvalue weighted by Gasteiger charge is -2.18. The molecule has 1 aromatic rings. The van der Waals surface area contributed by atoms with Crippen molar-refractivity contribution in [2.75, 3.05) is 0 Å². The van der Waals surface area contributed by atoms with Gasteiger partial charge in [0.1, 0.15) is 12.0 Å². The molecule has 0 spiro atoms. The summed E-state index contributed by atoms with van der Waals surface area (Å²) in [7, 11) is 0. The predicted octanol–water partition coefficient (Wildman–Crippen LogP) is 2.69. The quantitative estimate of drug-likeness (QED) is 0.632. The Morgan fingerprint density at radius 2 is 1.86 bits per heavy atom. The number of hydrogen-bond acceptors (Lipinski definition) is 3. The molecule has 0 bridgehead atoms. The van der Waals surface area contributed by atoms with Crippen molar-refractivity contribution in [3.05, 3.63) is 47.7 Å². The number of aliphatic imine (C=N–C) groups is 2. The molecule has 0 unspecified atom stereocenters. The molecule has 1 aliphatic heterocycles. The molecule has 6 heteroatoms. The highest BCUT2D eigenvalue weighted by molar-refractivity contribution is 6.43. The lowest BCUT2D eigenvalue weighted by molar-refractivity contribution is -0.112. The van der Waals surface area contributed by atoms with Crippen molar-refractivity contribution >= 4 is 23.6 Å². The monoisotopic (exact) mass is 290 g/mol. The third-order valence-electron chi connectivity index (χ3n) is 2.95. The lowest BCUT2D eigenvalue weighted by atomic mass is 10.0. The standard InChI is InChI=1S/C15H12F2N2O2/c1-10-12(7-8-20)19-13(14(21)18-10)9-15(16,17)11-5-3-2-4-6-11/h2-8H,9H2,1H3. The normalized spacial score (nSPS) is 17.5. The van der Waals surface area contributed by atoms with Crippen LogP contribution in [-0.4, -0.2) is 23.6 Å². The Morgan fingerprint density at radius 1 is 1.19 bits per heavy atom. The molecule has 4 nitrogen and oxygen atoms in total. The van der Waals surface area contributed by atoms with E-state index in [1.165, 1.54) is 31.2 Å². The number of aldehydes is 1. The first-order chi connectivity index (χ1) is 9.94. The first-order valence-corrected chi connectivity index (χ1v) is 6.20. The summed E-state index contributed by atoms with van der Waals surface area (Å²) >= 11 is 0. The first kappa shape index (κ1) is 14.9. The number of allylic oxidation sites excluding steroid dienone is 2. The van der Waals surface area contributed by atoms with Gasteiger partial charge in [0.2, 0.25) is 0 Å². The predicted molar refractivity (Wildman–Crippen MR) is 74.7 cm³/mol. The van der Waals surface area contributed by atoms with Crippen LogP contribution in [0.4, 0.5) is 8.78 Å². The topological polar surface area (TPSA) is 58.9 Å². The molecule has 0 aromatic heterocycles. The van der Waals surface area contributed by atoms with Crippen molar-refractivity contribution in [1.82, 2.24) is 0 Å². The van der Waals surface area contributed by atoms with Gasteiger partial charge in [-0.15, -0.1) is 0 Å². The number of carbonyl (C=O) groups is 2. The highest BCUT2D eigenvalue weighted by atomic mass is 19.3. The molecule has 0 fully saturated rings. The summed E-state index contributed by atoms with van der Waals surface area (Å²) < 4.78 is 28.3. The van der Waals surface area contributed by atoms with Crippen LogP contribution >= 0.6 is 0 Å². The van der Waals surface area contributed by atoms with Gasteiger partial charge in [-0.2, -0.15) is 0 Å². The SMILES string of the molecule is CC1=NC(=O)C(CC(F)(F)c2ccccc2)=NC1=CC=O. The third-order valence-corrected chi connectivity index (χ3v) is 2.95. The van der Waals surface area contributed by atoms with Crippen LogP contribution in [0.25, 0.3) is 0 Å². The van der Waals surface area contributed by atoms with E-state index in [1.54, 1.807) is 6.07 Å². The zero-order valence-corrected chi connectivity index (χ0v) is 11.2. The number of carbonyl (C=O) groups excluding carboxylic acids is 2. The average molecular weight is 290 g/mol. The number of rotatable bonds is 4. The van der Waals surface area contributed by atoms with Gasteiger partial charge in [-0.3, -0.25) is 9.59 Å². The van der Waals surface area contributed by atoms with Crippen molar-refractivity contribution in [1.29, 1.82) is 0 Å². The molecule has 0 saturated heterocycles. The summed E-state index contributed by atoms with van der Waals surface area (Å²) in [4.78, 5) is 29.6. The average Bonchev–Trinajstić information content (AvgIpc) is 2.45. The molecule has 0 aliphatic carbocycles. The minimum Gasteiger partial charge on any atom is -0.298 e. The first-order valence-electron chi connectivity index (χ1n) is 6.20. The van der Waals surface area contributed by atoms with Gasteiger partial charge in [-0.25, -0.2) is 18.8 Å². The Labute approximate surface area is 119 Å². The number of halogens is 2. The Kier molecular flexibility index (Phi) is 4.16. The van der Waals surface area contributed by atoms with Crippen molar-refractivity contribution in [3.8, 4) is 0 Å². The van der Waals surface area contributed by atoms with Gasteiger partial charge in [-0.05, 0) is 6.92 Å². The second-order valence-corrected chi connectivity index (χ2v) is 4.50. The van der Waals surface area contributed by atoms with E-state index in [0.29, 0.717) is 6.29 Å². The minimum atomic E-state index is -3.23. The second-order valence-electron chi connectivity index (χ2n) is 4.50. The van der Waals surface area contributed by atoms with Crippen LogP contribution in [0.1, 0.15) is 18.9 Å². The molecule has 1 aliphatic rings. The zero-order valence-electron chi connectivity index (χ0n) is 11.2. The smallest absolute Gasteiger partial charge is 0.291 e. The van der Waals surface area contributed by atoms with Gasteiger partial charge in [-0.1, -0.05) is 30.3 Å². The Hall–Kier alpha value is -2.50. The molecule has 2 rings (SSSR count). The van der Waals surface area contributed by atoms with E-state index in [9.17, 15) is 18.4 Å². The highest BCUT2D eigenvalue weighted by Crippen LogP contribution is 2.32. The van der Waals surface area contributed by atoms with Crippen molar-refractivity contribution in [3.63, 3.8) is 0 Å². The summed E-state index contributed by atoms with van der Waals surface area (Å²) in [5.74, 6) is -4.03. The maximum Gasteiger partial charge on any atom is 0.291 e. The van der Waals surface area contributed by atoms with E-state index in [1.807, 2.05) is 0 Å². The molecule has 108 valence electrons. The van der Waals surface area contributed by atoms with Crippen LogP contribution in [0.15, 0.2) is 52.1 Å². The number of alkyl halides is 2. The van der Waals surface area contributed by atoms with Gasteiger partial charge in [0.15, 0.2) is 0 Å². The van der Waals surface area contributed by atoms with Crippen LogP contribution < -0.4 is 0 Å². The van der Waals surface area contributed by atoms with Crippen molar-refractivity contribution in [2.24, 2.45) is 9.98 Å². The molecule has 0 atom stereocenters.